The third-order valence-corrected chi connectivity index (χ3v) is 6.53. The van der Waals surface area contributed by atoms with E-state index in [-0.39, 0.29) is 24.7 Å². The van der Waals surface area contributed by atoms with Crippen molar-refractivity contribution in [3.8, 4) is 0 Å². The third kappa shape index (κ3) is 5.86. The maximum Gasteiger partial charge on any atom is 0.227 e. The SMILES string of the molecule is CC(C)N(C)Cc1ccccc1CNC(=O)CCC(=O)N1CCSc2ccccc21. The minimum Gasteiger partial charge on any atom is -0.352 e. The molecule has 2 amide bonds. The molecule has 0 radical (unpaired) electrons. The maximum absolute atomic E-state index is 12.7. The fraction of sp³-hybridized carbons (Fsp3) is 0.417. The van der Waals surface area contributed by atoms with Gasteiger partial charge in [0.2, 0.25) is 11.8 Å². The second-order valence-corrected chi connectivity index (χ2v) is 9.05. The normalized spacial score (nSPS) is 13.4. The summed E-state index contributed by atoms with van der Waals surface area (Å²) in [5.41, 5.74) is 3.29. The van der Waals surface area contributed by atoms with Gasteiger partial charge in [-0.3, -0.25) is 14.5 Å². The number of benzene rings is 2. The van der Waals surface area contributed by atoms with Gasteiger partial charge < -0.3 is 10.2 Å². The van der Waals surface area contributed by atoms with Crippen molar-refractivity contribution in [3.05, 3.63) is 59.7 Å². The van der Waals surface area contributed by atoms with E-state index in [1.165, 1.54) is 5.56 Å². The van der Waals surface area contributed by atoms with E-state index in [1.54, 1.807) is 11.8 Å². The highest BCUT2D eigenvalue weighted by Crippen LogP contribution is 2.34. The third-order valence-electron chi connectivity index (χ3n) is 5.49. The molecule has 1 N–H and O–H groups in total. The molecule has 30 heavy (non-hydrogen) atoms. The molecule has 1 heterocycles. The van der Waals surface area contributed by atoms with Crippen molar-refractivity contribution in [2.45, 2.75) is 50.7 Å². The summed E-state index contributed by atoms with van der Waals surface area (Å²) < 4.78 is 0. The quantitative estimate of drug-likeness (QED) is 0.693. The zero-order chi connectivity index (χ0) is 21.5. The van der Waals surface area contributed by atoms with Crippen LogP contribution in [0.4, 0.5) is 5.69 Å². The Hall–Kier alpha value is -2.31. The Bertz CT molecular complexity index is 884. The van der Waals surface area contributed by atoms with Gasteiger partial charge in [-0.15, -0.1) is 11.8 Å². The highest BCUT2D eigenvalue weighted by Gasteiger charge is 2.22. The van der Waals surface area contributed by atoms with Gasteiger partial charge in [-0.1, -0.05) is 36.4 Å². The van der Waals surface area contributed by atoms with E-state index in [0.29, 0.717) is 19.1 Å². The summed E-state index contributed by atoms with van der Waals surface area (Å²) in [6.45, 7) is 6.35. The van der Waals surface area contributed by atoms with Gasteiger partial charge in [-0.05, 0) is 44.2 Å². The maximum atomic E-state index is 12.7. The van der Waals surface area contributed by atoms with Crippen molar-refractivity contribution in [2.24, 2.45) is 0 Å². The summed E-state index contributed by atoms with van der Waals surface area (Å²) >= 11 is 1.77. The molecule has 5 nitrogen and oxygen atoms in total. The topological polar surface area (TPSA) is 52.7 Å². The van der Waals surface area contributed by atoms with Crippen molar-refractivity contribution in [1.29, 1.82) is 0 Å². The number of hydrogen-bond donors (Lipinski definition) is 1. The second-order valence-electron chi connectivity index (χ2n) is 7.92. The fourth-order valence-corrected chi connectivity index (χ4v) is 4.40. The van der Waals surface area contributed by atoms with Gasteiger partial charge in [0.05, 0.1) is 5.69 Å². The molecular formula is C24H31N3O2S. The number of amides is 2. The number of hydrogen-bond acceptors (Lipinski definition) is 4. The molecule has 1 aliphatic heterocycles. The van der Waals surface area contributed by atoms with Crippen LogP contribution in [0.15, 0.2) is 53.4 Å². The van der Waals surface area contributed by atoms with Crippen LogP contribution in [0.1, 0.15) is 37.8 Å². The predicted octanol–water partition coefficient (Wildman–Crippen LogP) is 4.06. The van der Waals surface area contributed by atoms with Crippen molar-refractivity contribution in [2.75, 3.05) is 24.2 Å². The van der Waals surface area contributed by atoms with E-state index in [4.69, 9.17) is 0 Å². The molecule has 1 aliphatic rings. The first-order valence-corrected chi connectivity index (χ1v) is 11.5. The summed E-state index contributed by atoms with van der Waals surface area (Å²) in [6.07, 6.45) is 0.432. The number of para-hydroxylation sites is 1. The number of nitrogens with zero attached hydrogens (tertiary/aromatic N) is 2. The predicted molar refractivity (Wildman–Crippen MR) is 124 cm³/mol. The molecule has 0 spiro atoms. The Balaban J connectivity index is 1.51. The average molecular weight is 426 g/mol. The molecule has 3 rings (SSSR count). The van der Waals surface area contributed by atoms with Crippen LogP contribution >= 0.6 is 11.8 Å². The average Bonchev–Trinajstić information content (AvgIpc) is 2.76. The molecule has 0 saturated heterocycles. The lowest BCUT2D eigenvalue weighted by atomic mass is 10.1. The lowest BCUT2D eigenvalue weighted by Gasteiger charge is -2.29. The number of carbonyl (C=O) groups is 2. The number of anilines is 1. The van der Waals surface area contributed by atoms with Gasteiger partial charge in [0.25, 0.3) is 0 Å². The van der Waals surface area contributed by atoms with Crippen LogP contribution in [0, 0.1) is 0 Å². The van der Waals surface area contributed by atoms with Crippen molar-refractivity contribution in [1.82, 2.24) is 10.2 Å². The molecule has 160 valence electrons. The summed E-state index contributed by atoms with van der Waals surface area (Å²) in [7, 11) is 2.10. The highest BCUT2D eigenvalue weighted by molar-refractivity contribution is 7.99. The smallest absolute Gasteiger partial charge is 0.227 e. The lowest BCUT2D eigenvalue weighted by Crippen LogP contribution is -2.36. The number of rotatable bonds is 8. The largest absolute Gasteiger partial charge is 0.352 e. The van der Waals surface area contributed by atoms with E-state index in [0.717, 1.165) is 28.4 Å². The van der Waals surface area contributed by atoms with E-state index in [1.807, 2.05) is 41.3 Å². The molecular weight excluding hydrogens is 394 g/mol. The summed E-state index contributed by atoms with van der Waals surface area (Å²) in [5.74, 6) is 0.809. The van der Waals surface area contributed by atoms with E-state index in [9.17, 15) is 9.59 Å². The fourth-order valence-electron chi connectivity index (χ4n) is 3.40. The van der Waals surface area contributed by atoms with Gasteiger partial charge in [0, 0.05) is 49.2 Å². The number of fused-ring (bicyclic) bond motifs is 1. The monoisotopic (exact) mass is 425 g/mol. The van der Waals surface area contributed by atoms with Gasteiger partial charge in [0.1, 0.15) is 0 Å². The van der Waals surface area contributed by atoms with E-state index >= 15 is 0 Å². The molecule has 0 saturated carbocycles. The van der Waals surface area contributed by atoms with Crippen LogP contribution in [0.5, 0.6) is 0 Å². The highest BCUT2D eigenvalue weighted by atomic mass is 32.2. The van der Waals surface area contributed by atoms with Crippen LogP contribution < -0.4 is 10.2 Å². The van der Waals surface area contributed by atoms with Crippen LogP contribution in [-0.2, 0) is 22.7 Å². The van der Waals surface area contributed by atoms with Gasteiger partial charge >= 0.3 is 0 Å². The van der Waals surface area contributed by atoms with E-state index < -0.39 is 0 Å². The van der Waals surface area contributed by atoms with Crippen molar-refractivity contribution in [3.63, 3.8) is 0 Å². The molecule has 0 aromatic heterocycles. The standard InChI is InChI=1S/C24H31N3O2S/c1-18(2)26(3)17-20-9-5-4-8-19(20)16-25-23(28)12-13-24(29)27-14-15-30-22-11-7-6-10-21(22)27/h4-11,18H,12-17H2,1-3H3,(H,25,28). The van der Waals surface area contributed by atoms with Crippen LogP contribution in [0.2, 0.25) is 0 Å². The molecule has 0 fully saturated rings. The first-order chi connectivity index (χ1) is 14.5. The van der Waals surface area contributed by atoms with E-state index in [2.05, 4.69) is 43.2 Å². The molecule has 2 aromatic carbocycles. The second kappa shape index (κ2) is 10.6. The Morgan fingerprint density at radius 3 is 2.53 bits per heavy atom. The van der Waals surface area contributed by atoms with Crippen molar-refractivity contribution >= 4 is 29.3 Å². The lowest BCUT2D eigenvalue weighted by molar-refractivity contribution is -0.125. The number of thioether (sulfide) groups is 1. The first-order valence-electron chi connectivity index (χ1n) is 10.5. The Morgan fingerprint density at radius 2 is 1.77 bits per heavy atom. The molecule has 0 bridgehead atoms. The zero-order valence-electron chi connectivity index (χ0n) is 18.1. The summed E-state index contributed by atoms with van der Waals surface area (Å²) in [4.78, 5) is 30.3. The first kappa shape index (κ1) is 22.4. The van der Waals surface area contributed by atoms with Gasteiger partial charge in [-0.2, -0.15) is 0 Å². The minimum absolute atomic E-state index is 0.0110. The van der Waals surface area contributed by atoms with Crippen LogP contribution in [-0.4, -0.2) is 42.1 Å². The Morgan fingerprint density at radius 1 is 1.07 bits per heavy atom. The number of carbonyl (C=O) groups excluding carboxylic acids is 2. The van der Waals surface area contributed by atoms with Crippen LogP contribution in [0.25, 0.3) is 0 Å². The van der Waals surface area contributed by atoms with Crippen molar-refractivity contribution < 1.29 is 9.59 Å². The minimum atomic E-state index is -0.0879. The Labute approximate surface area is 183 Å². The molecule has 2 aromatic rings. The van der Waals surface area contributed by atoms with Gasteiger partial charge in [0.15, 0.2) is 0 Å². The molecule has 0 aliphatic carbocycles. The van der Waals surface area contributed by atoms with Crippen LogP contribution in [0.3, 0.4) is 0 Å². The summed E-state index contributed by atoms with van der Waals surface area (Å²) in [5, 5.41) is 2.99. The zero-order valence-corrected chi connectivity index (χ0v) is 18.9. The Kier molecular flexibility index (Phi) is 7.94. The number of nitrogens with one attached hydrogen (secondary N) is 1. The molecule has 0 unspecified atom stereocenters. The van der Waals surface area contributed by atoms with Gasteiger partial charge in [-0.25, -0.2) is 0 Å². The molecule has 6 heteroatoms. The molecule has 0 atom stereocenters. The summed E-state index contributed by atoms with van der Waals surface area (Å²) in [6, 6.07) is 16.6.